The molecule has 0 radical (unpaired) electrons. The average Bonchev–Trinajstić information content (AvgIpc) is 3.87. The van der Waals surface area contributed by atoms with E-state index in [4.69, 9.17) is 24.2 Å². The molecular formula is C41H46N6O5. The van der Waals surface area contributed by atoms with Crippen LogP contribution in [0.2, 0.25) is 0 Å². The van der Waals surface area contributed by atoms with Crippen molar-refractivity contribution in [2.24, 2.45) is 0 Å². The second-order valence-electron chi connectivity index (χ2n) is 15.9. The van der Waals surface area contributed by atoms with Gasteiger partial charge in [0.15, 0.2) is 0 Å². The van der Waals surface area contributed by atoms with Crippen molar-refractivity contribution >= 4 is 23.2 Å². The standard InChI is InChI=1S/C41H46N6O5/c1-26-20-33(46(24-26)37(48)51-39(2,3)4)35-42-23-32(45-35)29-15-12-27(13-16-29)10-11-28-14-17-30-31(21-28)44-36(43-30)34-22-41(18-8-9-19-50-41)25-47(34)38(49)52-40(5,6)7/h8-9,12-17,21,23,33-34H,1,18-20,22,24-25H2,2-7H3,(H,42,45)(H,43,44)/t33-,34-,41-/m0/s1. The SMILES string of the molecule is C=C1C[C@@H](c2nc(-c3ccc(C#Cc4ccc5[nH]c([C@@H]6C[C@@]7(CC=CCO7)CN6C(=O)OC(C)(C)C)nc5c4)cc3)c[nH]2)N(C(=O)OC(C)(C)C)C1. The molecule has 2 fully saturated rings. The maximum Gasteiger partial charge on any atom is 0.411 e. The lowest BCUT2D eigenvalue weighted by molar-refractivity contribution is -0.0311. The number of benzene rings is 2. The van der Waals surface area contributed by atoms with Gasteiger partial charge in [-0.05, 0) is 84.7 Å². The summed E-state index contributed by atoms with van der Waals surface area (Å²) in [7, 11) is 0. The summed E-state index contributed by atoms with van der Waals surface area (Å²) in [4.78, 5) is 46.2. The molecule has 0 aliphatic carbocycles. The Balaban J connectivity index is 1.05. The van der Waals surface area contributed by atoms with Crippen molar-refractivity contribution in [2.75, 3.05) is 19.7 Å². The second kappa shape index (κ2) is 13.3. The van der Waals surface area contributed by atoms with Gasteiger partial charge in [0.25, 0.3) is 0 Å². The van der Waals surface area contributed by atoms with Gasteiger partial charge < -0.3 is 24.2 Å². The molecule has 11 heteroatoms. The molecule has 52 heavy (non-hydrogen) atoms. The molecule has 7 rings (SSSR count). The Labute approximate surface area is 304 Å². The van der Waals surface area contributed by atoms with Crippen LogP contribution in [0.4, 0.5) is 9.59 Å². The number of aromatic nitrogens is 4. The highest BCUT2D eigenvalue weighted by atomic mass is 16.6. The lowest BCUT2D eigenvalue weighted by Crippen LogP contribution is -2.41. The van der Waals surface area contributed by atoms with Crippen molar-refractivity contribution in [3.05, 3.63) is 95.7 Å². The molecule has 5 heterocycles. The van der Waals surface area contributed by atoms with Crippen LogP contribution in [0.25, 0.3) is 22.3 Å². The highest BCUT2D eigenvalue weighted by molar-refractivity contribution is 5.78. The number of fused-ring (bicyclic) bond motifs is 1. The highest BCUT2D eigenvalue weighted by Gasteiger charge is 2.49. The Morgan fingerprint density at radius 2 is 1.60 bits per heavy atom. The van der Waals surface area contributed by atoms with Crippen molar-refractivity contribution in [2.45, 2.75) is 89.7 Å². The van der Waals surface area contributed by atoms with Crippen molar-refractivity contribution in [3.63, 3.8) is 0 Å². The monoisotopic (exact) mass is 702 g/mol. The fourth-order valence-corrected chi connectivity index (χ4v) is 6.95. The number of nitrogens with one attached hydrogen (secondary N) is 2. The number of ether oxygens (including phenoxy) is 3. The Morgan fingerprint density at radius 1 is 0.904 bits per heavy atom. The largest absolute Gasteiger partial charge is 0.444 e. The molecular weight excluding hydrogens is 656 g/mol. The normalized spacial score (nSPS) is 21.8. The number of rotatable bonds is 3. The van der Waals surface area contributed by atoms with Crippen LogP contribution in [0.15, 0.2) is 73.0 Å². The fraction of sp³-hybridized carbons (Fsp3) is 0.415. The molecule has 3 atom stereocenters. The Kier molecular flexibility index (Phi) is 8.99. The molecule has 0 saturated carbocycles. The number of H-pyrrole nitrogens is 2. The van der Waals surface area contributed by atoms with Gasteiger partial charge in [-0.25, -0.2) is 19.6 Å². The number of aromatic amines is 2. The van der Waals surface area contributed by atoms with Gasteiger partial charge in [0.05, 0.1) is 47.6 Å². The highest BCUT2D eigenvalue weighted by Crippen LogP contribution is 2.43. The molecule has 3 aliphatic heterocycles. The first kappa shape index (κ1) is 35.1. The van der Waals surface area contributed by atoms with E-state index in [1.54, 1.807) is 9.80 Å². The Hall–Kier alpha value is -5.34. The number of hydrogen-bond acceptors (Lipinski definition) is 7. The van der Waals surface area contributed by atoms with Gasteiger partial charge >= 0.3 is 12.2 Å². The van der Waals surface area contributed by atoms with Crippen LogP contribution >= 0.6 is 0 Å². The van der Waals surface area contributed by atoms with E-state index in [9.17, 15) is 9.59 Å². The van der Waals surface area contributed by atoms with E-state index in [0.717, 1.165) is 45.4 Å². The summed E-state index contributed by atoms with van der Waals surface area (Å²) in [6, 6.07) is 13.2. The van der Waals surface area contributed by atoms with Crippen molar-refractivity contribution in [1.29, 1.82) is 0 Å². The number of nitrogens with zero attached hydrogens (tertiary/aromatic N) is 4. The van der Waals surface area contributed by atoms with Crippen LogP contribution < -0.4 is 0 Å². The molecule has 0 bridgehead atoms. The minimum Gasteiger partial charge on any atom is -0.444 e. The van der Waals surface area contributed by atoms with E-state index in [2.05, 4.69) is 34.5 Å². The minimum atomic E-state index is -0.618. The van der Waals surface area contributed by atoms with Crippen LogP contribution in [-0.4, -0.2) is 78.4 Å². The summed E-state index contributed by atoms with van der Waals surface area (Å²) in [6.07, 6.45) is 7.24. The van der Waals surface area contributed by atoms with E-state index in [0.29, 0.717) is 44.2 Å². The summed E-state index contributed by atoms with van der Waals surface area (Å²) in [5.41, 5.74) is 4.33. The second-order valence-corrected chi connectivity index (χ2v) is 15.9. The van der Waals surface area contributed by atoms with Crippen LogP contribution in [0.1, 0.15) is 95.7 Å². The number of hydrogen-bond donors (Lipinski definition) is 2. The van der Waals surface area contributed by atoms with Gasteiger partial charge in [0.1, 0.15) is 22.9 Å². The molecule has 0 unspecified atom stereocenters. The summed E-state index contributed by atoms with van der Waals surface area (Å²) < 4.78 is 17.6. The number of likely N-dealkylation sites (tertiary alicyclic amines) is 2. The average molecular weight is 703 g/mol. The van der Waals surface area contributed by atoms with Crippen molar-refractivity contribution < 1.29 is 23.8 Å². The minimum absolute atomic E-state index is 0.258. The van der Waals surface area contributed by atoms with E-state index in [1.165, 1.54) is 0 Å². The van der Waals surface area contributed by atoms with Crippen LogP contribution in [0.5, 0.6) is 0 Å². The molecule has 3 aliphatic rings. The number of carbonyl (C=O) groups excluding carboxylic acids is 2. The zero-order valence-corrected chi connectivity index (χ0v) is 30.7. The van der Waals surface area contributed by atoms with Gasteiger partial charge in [-0.3, -0.25) is 9.80 Å². The first-order valence-corrected chi connectivity index (χ1v) is 17.8. The molecule has 2 aromatic carbocycles. The Morgan fingerprint density at radius 3 is 2.29 bits per heavy atom. The van der Waals surface area contributed by atoms with Gasteiger partial charge in [-0.15, -0.1) is 0 Å². The van der Waals surface area contributed by atoms with E-state index in [1.807, 2.05) is 96.3 Å². The lowest BCUT2D eigenvalue weighted by Gasteiger charge is -2.31. The lowest BCUT2D eigenvalue weighted by atomic mass is 9.94. The third-order valence-corrected chi connectivity index (χ3v) is 9.31. The first-order chi connectivity index (χ1) is 24.6. The fourth-order valence-electron chi connectivity index (χ4n) is 6.95. The van der Waals surface area contributed by atoms with E-state index in [-0.39, 0.29) is 24.3 Å². The van der Waals surface area contributed by atoms with Gasteiger partial charge in [-0.2, -0.15) is 0 Å². The Bertz CT molecular complexity index is 2100. The van der Waals surface area contributed by atoms with Gasteiger partial charge in [-0.1, -0.05) is 48.3 Å². The zero-order valence-electron chi connectivity index (χ0n) is 30.7. The third-order valence-electron chi connectivity index (χ3n) is 9.31. The third kappa shape index (κ3) is 7.63. The molecule has 2 amide bonds. The molecule has 4 aromatic rings. The van der Waals surface area contributed by atoms with Crippen LogP contribution in [0, 0.1) is 11.8 Å². The maximum atomic E-state index is 13.3. The topological polar surface area (TPSA) is 126 Å². The summed E-state index contributed by atoms with van der Waals surface area (Å²) in [5, 5.41) is 0. The molecule has 11 nitrogen and oxygen atoms in total. The summed E-state index contributed by atoms with van der Waals surface area (Å²) in [6.45, 7) is 16.7. The number of amides is 2. The van der Waals surface area contributed by atoms with Crippen molar-refractivity contribution in [3.8, 4) is 23.1 Å². The maximum absolute atomic E-state index is 13.3. The molecule has 1 spiro atoms. The van der Waals surface area contributed by atoms with E-state index < -0.39 is 16.8 Å². The van der Waals surface area contributed by atoms with Gasteiger partial charge in [0, 0.05) is 35.9 Å². The number of imidazole rings is 2. The number of carbonyl (C=O) groups is 2. The summed E-state index contributed by atoms with van der Waals surface area (Å²) in [5.74, 6) is 7.94. The van der Waals surface area contributed by atoms with E-state index >= 15 is 0 Å². The molecule has 270 valence electrons. The van der Waals surface area contributed by atoms with Gasteiger partial charge in [0.2, 0.25) is 0 Å². The molecule has 2 aromatic heterocycles. The quantitative estimate of drug-likeness (QED) is 0.164. The first-order valence-electron chi connectivity index (χ1n) is 17.8. The van der Waals surface area contributed by atoms with Crippen LogP contribution in [0.3, 0.4) is 0 Å². The smallest absolute Gasteiger partial charge is 0.411 e. The zero-order chi connectivity index (χ0) is 36.8. The van der Waals surface area contributed by atoms with Crippen molar-refractivity contribution in [1.82, 2.24) is 29.7 Å². The summed E-state index contributed by atoms with van der Waals surface area (Å²) >= 11 is 0. The molecule has 2 saturated heterocycles. The van der Waals surface area contributed by atoms with Crippen LogP contribution in [-0.2, 0) is 14.2 Å². The predicted molar refractivity (Wildman–Crippen MR) is 198 cm³/mol. The predicted octanol–water partition coefficient (Wildman–Crippen LogP) is 7.99. The molecule has 2 N–H and O–H groups in total.